The van der Waals surface area contributed by atoms with Crippen LogP contribution in [0.3, 0.4) is 0 Å². The molecule has 1 aliphatic heterocycles. The number of benzene rings is 2. The molecule has 0 aliphatic carbocycles. The van der Waals surface area contributed by atoms with Gasteiger partial charge in [0.05, 0.1) is 10.6 Å². The van der Waals surface area contributed by atoms with Crippen molar-refractivity contribution in [1.29, 1.82) is 0 Å². The van der Waals surface area contributed by atoms with Crippen LogP contribution in [0.15, 0.2) is 48.2 Å². The summed E-state index contributed by atoms with van der Waals surface area (Å²) in [4.78, 5) is 27.5. The standard InChI is InChI=1S/C22H22Cl2N2O3/c1-3-29-12-6-11-26-21(27)19(16-10-9-15(23)13-17(16)24)20(22(26)28)25-18-8-5-4-7-14(18)2/h4-5,7-10,13,25H,3,6,11-12H2,1-2H3. The van der Waals surface area contributed by atoms with Gasteiger partial charge in [-0.25, -0.2) is 0 Å². The minimum atomic E-state index is -0.383. The van der Waals surface area contributed by atoms with Crippen LogP contribution in [0.2, 0.25) is 10.0 Å². The number of para-hydroxylation sites is 1. The molecular weight excluding hydrogens is 411 g/mol. The fourth-order valence-electron chi connectivity index (χ4n) is 3.15. The molecule has 0 atom stereocenters. The third-order valence-corrected chi connectivity index (χ3v) is 5.20. The number of aryl methyl sites for hydroxylation is 1. The van der Waals surface area contributed by atoms with Crippen LogP contribution in [0, 0.1) is 6.92 Å². The van der Waals surface area contributed by atoms with Gasteiger partial charge in [0.25, 0.3) is 11.8 Å². The maximum Gasteiger partial charge on any atom is 0.278 e. The van der Waals surface area contributed by atoms with E-state index in [1.54, 1.807) is 18.2 Å². The van der Waals surface area contributed by atoms with Crippen molar-refractivity contribution in [3.8, 4) is 0 Å². The van der Waals surface area contributed by atoms with Gasteiger partial charge < -0.3 is 10.1 Å². The molecule has 1 heterocycles. The summed E-state index contributed by atoms with van der Waals surface area (Å²) in [5, 5.41) is 3.93. The average molecular weight is 433 g/mol. The highest BCUT2D eigenvalue weighted by Gasteiger charge is 2.39. The third-order valence-electron chi connectivity index (χ3n) is 4.65. The second kappa shape index (κ2) is 9.44. The molecule has 3 rings (SSSR count). The first-order valence-electron chi connectivity index (χ1n) is 9.40. The number of anilines is 1. The largest absolute Gasteiger partial charge is 0.382 e. The molecule has 2 aromatic carbocycles. The lowest BCUT2D eigenvalue weighted by atomic mass is 10.0. The fraction of sp³-hybridized carbons (Fsp3) is 0.273. The lowest BCUT2D eigenvalue weighted by Gasteiger charge is -2.15. The van der Waals surface area contributed by atoms with Crippen LogP contribution in [0.25, 0.3) is 5.57 Å². The molecule has 0 spiro atoms. The van der Waals surface area contributed by atoms with Gasteiger partial charge in [-0.2, -0.15) is 0 Å². The molecule has 0 bridgehead atoms. The number of rotatable bonds is 8. The lowest BCUT2D eigenvalue weighted by Crippen LogP contribution is -2.34. The van der Waals surface area contributed by atoms with Crippen molar-refractivity contribution in [2.45, 2.75) is 20.3 Å². The normalized spacial score (nSPS) is 14.1. The third kappa shape index (κ3) is 4.64. The number of carbonyl (C=O) groups excluding carboxylic acids is 2. The van der Waals surface area contributed by atoms with Gasteiger partial charge in [-0.1, -0.05) is 47.5 Å². The minimum Gasteiger partial charge on any atom is -0.382 e. The molecule has 0 radical (unpaired) electrons. The molecule has 152 valence electrons. The van der Waals surface area contributed by atoms with E-state index in [1.165, 1.54) is 4.90 Å². The zero-order valence-corrected chi connectivity index (χ0v) is 17.8. The first-order chi connectivity index (χ1) is 13.9. The number of carbonyl (C=O) groups is 2. The van der Waals surface area contributed by atoms with Crippen molar-refractivity contribution in [3.63, 3.8) is 0 Å². The molecule has 0 saturated heterocycles. The minimum absolute atomic E-state index is 0.213. The van der Waals surface area contributed by atoms with E-state index in [2.05, 4.69) is 5.32 Å². The molecule has 0 aromatic heterocycles. The highest BCUT2D eigenvalue weighted by atomic mass is 35.5. The summed E-state index contributed by atoms with van der Waals surface area (Å²) in [5.74, 6) is -0.762. The fourth-order valence-corrected chi connectivity index (χ4v) is 3.66. The number of nitrogens with one attached hydrogen (secondary N) is 1. The highest BCUT2D eigenvalue weighted by Crippen LogP contribution is 2.35. The molecule has 0 unspecified atom stereocenters. The number of ether oxygens (including phenoxy) is 1. The molecule has 0 fully saturated rings. The van der Waals surface area contributed by atoms with E-state index in [1.807, 2.05) is 38.1 Å². The molecule has 1 N–H and O–H groups in total. The van der Waals surface area contributed by atoms with Crippen LogP contribution in [-0.4, -0.2) is 36.5 Å². The van der Waals surface area contributed by atoms with Crippen molar-refractivity contribution in [2.75, 3.05) is 25.1 Å². The number of imide groups is 1. The van der Waals surface area contributed by atoms with Crippen LogP contribution in [0.4, 0.5) is 5.69 Å². The Morgan fingerprint density at radius 3 is 2.52 bits per heavy atom. The Bertz CT molecular complexity index is 972. The van der Waals surface area contributed by atoms with E-state index in [4.69, 9.17) is 27.9 Å². The molecule has 7 heteroatoms. The smallest absolute Gasteiger partial charge is 0.278 e. The summed E-state index contributed by atoms with van der Waals surface area (Å²) < 4.78 is 5.33. The quantitative estimate of drug-likeness (QED) is 0.474. The Balaban J connectivity index is 2.00. The highest BCUT2D eigenvalue weighted by molar-refractivity contribution is 6.41. The predicted molar refractivity (Wildman–Crippen MR) is 116 cm³/mol. The van der Waals surface area contributed by atoms with E-state index in [0.717, 1.165) is 11.3 Å². The maximum atomic E-state index is 13.2. The van der Waals surface area contributed by atoms with E-state index in [0.29, 0.717) is 35.2 Å². The summed E-state index contributed by atoms with van der Waals surface area (Å²) in [7, 11) is 0. The van der Waals surface area contributed by atoms with Gasteiger partial charge in [0, 0.05) is 36.0 Å². The van der Waals surface area contributed by atoms with Crippen molar-refractivity contribution in [2.24, 2.45) is 0 Å². The molecule has 29 heavy (non-hydrogen) atoms. The Hall–Kier alpha value is -2.34. The van der Waals surface area contributed by atoms with Gasteiger partial charge >= 0.3 is 0 Å². The van der Waals surface area contributed by atoms with Crippen LogP contribution < -0.4 is 5.32 Å². The topological polar surface area (TPSA) is 58.6 Å². The second-order valence-electron chi connectivity index (χ2n) is 6.63. The molecule has 2 aromatic rings. The van der Waals surface area contributed by atoms with E-state index in [-0.39, 0.29) is 29.6 Å². The van der Waals surface area contributed by atoms with Gasteiger partial charge in [0.2, 0.25) is 0 Å². The monoisotopic (exact) mass is 432 g/mol. The van der Waals surface area contributed by atoms with Gasteiger partial charge in [0.15, 0.2) is 0 Å². The Morgan fingerprint density at radius 2 is 1.83 bits per heavy atom. The molecule has 2 amide bonds. The number of amides is 2. The van der Waals surface area contributed by atoms with Crippen molar-refractivity contribution < 1.29 is 14.3 Å². The zero-order chi connectivity index (χ0) is 21.0. The van der Waals surface area contributed by atoms with Gasteiger partial charge in [0.1, 0.15) is 5.70 Å². The van der Waals surface area contributed by atoms with Crippen LogP contribution in [-0.2, 0) is 14.3 Å². The molecule has 0 saturated carbocycles. The Kier molecular flexibility index (Phi) is 6.96. The van der Waals surface area contributed by atoms with E-state index in [9.17, 15) is 9.59 Å². The van der Waals surface area contributed by atoms with Crippen LogP contribution in [0.1, 0.15) is 24.5 Å². The van der Waals surface area contributed by atoms with E-state index < -0.39 is 0 Å². The SMILES string of the molecule is CCOCCCN1C(=O)C(Nc2ccccc2C)=C(c2ccc(Cl)cc2Cl)C1=O. The maximum absolute atomic E-state index is 13.2. The van der Waals surface area contributed by atoms with Crippen LogP contribution >= 0.6 is 23.2 Å². The van der Waals surface area contributed by atoms with Gasteiger partial charge in [-0.15, -0.1) is 0 Å². The van der Waals surface area contributed by atoms with Crippen LogP contribution in [0.5, 0.6) is 0 Å². The number of hydrogen-bond acceptors (Lipinski definition) is 4. The van der Waals surface area contributed by atoms with Gasteiger partial charge in [-0.05, 0) is 44.0 Å². The predicted octanol–water partition coefficient (Wildman–Crippen LogP) is 4.92. The second-order valence-corrected chi connectivity index (χ2v) is 7.47. The zero-order valence-electron chi connectivity index (χ0n) is 16.3. The molecule has 1 aliphatic rings. The molecular formula is C22H22Cl2N2O3. The van der Waals surface area contributed by atoms with Crippen molar-refractivity contribution in [3.05, 3.63) is 69.3 Å². The first-order valence-corrected chi connectivity index (χ1v) is 10.2. The average Bonchev–Trinajstić information content (AvgIpc) is 2.91. The van der Waals surface area contributed by atoms with Crippen molar-refractivity contribution in [1.82, 2.24) is 4.90 Å². The Labute approximate surface area is 180 Å². The van der Waals surface area contributed by atoms with Gasteiger partial charge in [-0.3, -0.25) is 14.5 Å². The lowest BCUT2D eigenvalue weighted by molar-refractivity contribution is -0.137. The molecule has 5 nitrogen and oxygen atoms in total. The summed E-state index contributed by atoms with van der Waals surface area (Å²) >= 11 is 12.4. The summed E-state index contributed by atoms with van der Waals surface area (Å²) in [6, 6.07) is 12.4. The summed E-state index contributed by atoms with van der Waals surface area (Å²) in [6.45, 7) is 5.17. The number of halogens is 2. The summed E-state index contributed by atoms with van der Waals surface area (Å²) in [5.41, 5.74) is 2.64. The Morgan fingerprint density at radius 1 is 1.07 bits per heavy atom. The number of hydrogen-bond donors (Lipinski definition) is 1. The summed E-state index contributed by atoms with van der Waals surface area (Å²) in [6.07, 6.45) is 0.560. The van der Waals surface area contributed by atoms with E-state index >= 15 is 0 Å². The van der Waals surface area contributed by atoms with Crippen molar-refractivity contribution >= 4 is 46.3 Å². The first kappa shape index (κ1) is 21.4. The number of nitrogens with zero attached hydrogens (tertiary/aromatic N) is 1.